The maximum absolute atomic E-state index is 12.0. The van der Waals surface area contributed by atoms with E-state index in [2.05, 4.69) is 31.7 Å². The molecule has 2 aromatic heterocycles. The molecule has 1 amide bonds. The molecule has 4 N–H and O–H groups in total. The Bertz CT molecular complexity index is 599. The van der Waals surface area contributed by atoms with Gasteiger partial charge in [-0.1, -0.05) is 0 Å². The number of amides is 1. The molecule has 0 aliphatic heterocycles. The normalized spacial score (nSPS) is 10.3. The first-order valence-electron chi connectivity index (χ1n) is 5.56. The van der Waals surface area contributed by atoms with E-state index in [-0.39, 0.29) is 5.91 Å². The van der Waals surface area contributed by atoms with Gasteiger partial charge in [-0.3, -0.25) is 4.79 Å². The SMILES string of the molecule is Cc1cc(C(=O)NCc2ccc(Br)s2)cc(NN)n1. The zero-order valence-corrected chi connectivity index (χ0v) is 12.6. The van der Waals surface area contributed by atoms with Crippen LogP contribution in [0.5, 0.6) is 0 Å². The van der Waals surface area contributed by atoms with Crippen LogP contribution in [0.2, 0.25) is 0 Å². The number of carbonyl (C=O) groups is 1. The average Bonchev–Trinajstić information content (AvgIpc) is 2.81. The van der Waals surface area contributed by atoms with Gasteiger partial charge in [-0.2, -0.15) is 0 Å². The lowest BCUT2D eigenvalue weighted by Crippen LogP contribution is -2.23. The molecular weight excluding hydrogens is 328 g/mol. The molecule has 0 radical (unpaired) electrons. The Morgan fingerprint density at radius 2 is 2.26 bits per heavy atom. The number of hydrazine groups is 1. The van der Waals surface area contributed by atoms with Crippen molar-refractivity contribution in [3.63, 3.8) is 0 Å². The molecule has 7 heteroatoms. The average molecular weight is 341 g/mol. The number of aromatic nitrogens is 1. The van der Waals surface area contributed by atoms with Crippen molar-refractivity contribution < 1.29 is 4.79 Å². The van der Waals surface area contributed by atoms with E-state index in [0.717, 1.165) is 14.4 Å². The molecule has 5 nitrogen and oxygen atoms in total. The molecule has 0 fully saturated rings. The van der Waals surface area contributed by atoms with Gasteiger partial charge in [0, 0.05) is 16.1 Å². The fourth-order valence-electron chi connectivity index (χ4n) is 1.59. The molecule has 19 heavy (non-hydrogen) atoms. The number of aryl methyl sites for hydroxylation is 1. The van der Waals surface area contributed by atoms with E-state index in [0.29, 0.717) is 17.9 Å². The van der Waals surface area contributed by atoms with Gasteiger partial charge in [0.2, 0.25) is 0 Å². The Balaban J connectivity index is 2.05. The van der Waals surface area contributed by atoms with Crippen molar-refractivity contribution in [1.29, 1.82) is 0 Å². The monoisotopic (exact) mass is 340 g/mol. The molecule has 0 saturated carbocycles. The van der Waals surface area contributed by atoms with Crippen molar-refractivity contribution in [3.05, 3.63) is 44.2 Å². The quantitative estimate of drug-likeness (QED) is 0.589. The third-order valence-electron chi connectivity index (χ3n) is 2.42. The highest BCUT2D eigenvalue weighted by molar-refractivity contribution is 9.11. The summed E-state index contributed by atoms with van der Waals surface area (Å²) in [6, 6.07) is 7.27. The second kappa shape index (κ2) is 6.14. The minimum absolute atomic E-state index is 0.147. The highest BCUT2D eigenvalue weighted by atomic mass is 79.9. The highest BCUT2D eigenvalue weighted by Gasteiger charge is 2.08. The number of carbonyl (C=O) groups excluding carboxylic acids is 1. The third-order valence-corrected chi connectivity index (χ3v) is 4.04. The highest BCUT2D eigenvalue weighted by Crippen LogP contribution is 2.21. The van der Waals surface area contributed by atoms with Gasteiger partial charge in [-0.25, -0.2) is 10.8 Å². The topological polar surface area (TPSA) is 80.0 Å². The van der Waals surface area contributed by atoms with E-state index < -0.39 is 0 Å². The van der Waals surface area contributed by atoms with Crippen LogP contribution in [0.15, 0.2) is 28.1 Å². The molecule has 0 unspecified atom stereocenters. The zero-order valence-electron chi connectivity index (χ0n) is 10.2. The van der Waals surface area contributed by atoms with Crippen molar-refractivity contribution in [3.8, 4) is 0 Å². The number of nitrogens with two attached hydrogens (primary N) is 1. The van der Waals surface area contributed by atoms with Crippen LogP contribution in [0.1, 0.15) is 20.9 Å². The predicted molar refractivity (Wildman–Crippen MR) is 80.0 cm³/mol. The second-order valence-electron chi connectivity index (χ2n) is 3.92. The number of anilines is 1. The van der Waals surface area contributed by atoms with E-state index in [4.69, 9.17) is 5.84 Å². The van der Waals surface area contributed by atoms with Gasteiger partial charge in [0.25, 0.3) is 5.91 Å². The van der Waals surface area contributed by atoms with Crippen molar-refractivity contribution in [1.82, 2.24) is 10.3 Å². The van der Waals surface area contributed by atoms with Crippen LogP contribution in [-0.2, 0) is 6.54 Å². The fourth-order valence-corrected chi connectivity index (χ4v) is 3.01. The molecule has 0 spiro atoms. The van der Waals surface area contributed by atoms with Crippen molar-refractivity contribution in [2.45, 2.75) is 13.5 Å². The zero-order chi connectivity index (χ0) is 13.8. The van der Waals surface area contributed by atoms with E-state index in [9.17, 15) is 4.79 Å². The summed E-state index contributed by atoms with van der Waals surface area (Å²) in [5, 5.41) is 2.86. The summed E-state index contributed by atoms with van der Waals surface area (Å²) in [5.41, 5.74) is 3.72. The molecule has 0 aromatic carbocycles. The van der Waals surface area contributed by atoms with E-state index >= 15 is 0 Å². The lowest BCUT2D eigenvalue weighted by Gasteiger charge is -2.07. The number of nitrogens with one attached hydrogen (secondary N) is 2. The summed E-state index contributed by atoms with van der Waals surface area (Å²) in [7, 11) is 0. The van der Waals surface area contributed by atoms with E-state index in [1.807, 2.05) is 19.1 Å². The van der Waals surface area contributed by atoms with Gasteiger partial charge in [-0.05, 0) is 47.1 Å². The Labute approximate surface area is 123 Å². The summed E-state index contributed by atoms with van der Waals surface area (Å²) in [6.45, 7) is 2.32. The third kappa shape index (κ3) is 3.76. The number of nitrogen functional groups attached to an aromatic ring is 1. The Morgan fingerprint density at radius 3 is 2.89 bits per heavy atom. The Morgan fingerprint density at radius 1 is 1.47 bits per heavy atom. The molecule has 0 bridgehead atoms. The van der Waals surface area contributed by atoms with Gasteiger partial charge in [-0.15, -0.1) is 11.3 Å². The molecule has 0 aliphatic rings. The maximum Gasteiger partial charge on any atom is 0.251 e. The van der Waals surface area contributed by atoms with Gasteiger partial charge in [0.05, 0.1) is 10.3 Å². The standard InChI is InChI=1S/C12H13BrN4OS/c1-7-4-8(5-11(16-7)17-14)12(18)15-6-9-2-3-10(13)19-9/h2-5H,6,14H2,1H3,(H,15,18)(H,16,17). The number of pyridine rings is 1. The first kappa shape index (κ1) is 14.0. The van der Waals surface area contributed by atoms with Gasteiger partial charge < -0.3 is 10.7 Å². The van der Waals surface area contributed by atoms with Crippen LogP contribution in [0.3, 0.4) is 0 Å². The second-order valence-corrected chi connectivity index (χ2v) is 6.46. The van der Waals surface area contributed by atoms with Gasteiger partial charge in [0.15, 0.2) is 0 Å². The lowest BCUT2D eigenvalue weighted by molar-refractivity contribution is 0.0951. The van der Waals surface area contributed by atoms with Crippen LogP contribution >= 0.6 is 27.3 Å². The number of thiophene rings is 1. The minimum atomic E-state index is -0.147. The Hall–Kier alpha value is -1.44. The van der Waals surface area contributed by atoms with E-state index in [1.165, 1.54) is 0 Å². The predicted octanol–water partition coefficient (Wildman–Crippen LogP) is 2.43. The fraction of sp³-hybridized carbons (Fsp3) is 0.167. The summed E-state index contributed by atoms with van der Waals surface area (Å²) >= 11 is 4.98. The molecule has 2 rings (SSSR count). The molecule has 100 valence electrons. The summed E-state index contributed by atoms with van der Waals surface area (Å²) in [5.74, 6) is 5.64. The number of hydrogen-bond donors (Lipinski definition) is 3. The number of hydrogen-bond acceptors (Lipinski definition) is 5. The number of halogens is 1. The molecule has 2 aromatic rings. The van der Waals surface area contributed by atoms with Crippen LogP contribution in [0.25, 0.3) is 0 Å². The minimum Gasteiger partial charge on any atom is -0.347 e. The van der Waals surface area contributed by atoms with Crippen LogP contribution in [0, 0.1) is 6.92 Å². The first-order chi connectivity index (χ1) is 9.08. The maximum atomic E-state index is 12.0. The van der Waals surface area contributed by atoms with Crippen molar-refractivity contribution in [2.75, 3.05) is 5.43 Å². The molecular formula is C12H13BrN4OS. The van der Waals surface area contributed by atoms with Crippen molar-refractivity contribution in [2.24, 2.45) is 5.84 Å². The van der Waals surface area contributed by atoms with Crippen LogP contribution in [0.4, 0.5) is 5.82 Å². The molecule has 0 atom stereocenters. The molecule has 0 saturated heterocycles. The number of nitrogens with zero attached hydrogens (tertiary/aromatic N) is 1. The van der Waals surface area contributed by atoms with Gasteiger partial charge in [0.1, 0.15) is 5.82 Å². The van der Waals surface area contributed by atoms with Crippen LogP contribution in [-0.4, -0.2) is 10.9 Å². The van der Waals surface area contributed by atoms with Gasteiger partial charge >= 0.3 is 0 Å². The first-order valence-corrected chi connectivity index (χ1v) is 7.17. The largest absolute Gasteiger partial charge is 0.347 e. The summed E-state index contributed by atoms with van der Waals surface area (Å²) < 4.78 is 1.05. The molecule has 0 aliphatic carbocycles. The lowest BCUT2D eigenvalue weighted by atomic mass is 10.2. The summed E-state index contributed by atoms with van der Waals surface area (Å²) in [6.07, 6.45) is 0. The van der Waals surface area contributed by atoms with E-state index in [1.54, 1.807) is 23.5 Å². The smallest absolute Gasteiger partial charge is 0.251 e. The van der Waals surface area contributed by atoms with Crippen LogP contribution < -0.4 is 16.6 Å². The number of rotatable bonds is 4. The Kier molecular flexibility index (Phi) is 4.52. The summed E-state index contributed by atoms with van der Waals surface area (Å²) in [4.78, 5) is 17.3. The molecule has 2 heterocycles. The van der Waals surface area contributed by atoms with Crippen molar-refractivity contribution >= 4 is 39.0 Å².